The largest absolute Gasteiger partial charge is 0.441 e. The molecule has 0 aliphatic rings. The van der Waals surface area contributed by atoms with Gasteiger partial charge < -0.3 is 5.32 Å². The van der Waals surface area contributed by atoms with E-state index in [2.05, 4.69) is 5.32 Å². The predicted molar refractivity (Wildman–Crippen MR) is 61.5 cm³/mol. The predicted octanol–water partition coefficient (Wildman–Crippen LogP) is 3.21. The minimum Gasteiger partial charge on any atom is -0.316 e. The smallest absolute Gasteiger partial charge is 0.316 e. The molecule has 0 aromatic heterocycles. The maximum Gasteiger partial charge on any atom is 0.441 e. The second kappa shape index (κ2) is 6.86. The van der Waals surface area contributed by atoms with E-state index in [1.807, 2.05) is 0 Å². The molecule has 0 radical (unpaired) electrons. The van der Waals surface area contributed by atoms with Crippen molar-refractivity contribution in [2.24, 2.45) is 0 Å². The van der Waals surface area contributed by atoms with Crippen LogP contribution >= 0.6 is 11.8 Å². The Morgan fingerprint density at radius 2 is 1.82 bits per heavy atom. The second-order valence-electron chi connectivity index (χ2n) is 3.39. The first-order chi connectivity index (χ1) is 7.99. The topological polar surface area (TPSA) is 12.0 Å². The number of hydrogen-bond donors (Lipinski definition) is 1. The van der Waals surface area contributed by atoms with Gasteiger partial charge in [-0.05, 0) is 36.4 Å². The molecule has 17 heavy (non-hydrogen) atoms. The average molecular weight is 267 g/mol. The van der Waals surface area contributed by atoms with Crippen molar-refractivity contribution >= 4 is 11.8 Å². The fourth-order valence-electron chi connectivity index (χ4n) is 1.29. The fraction of sp³-hybridized carbons (Fsp3) is 0.455. The van der Waals surface area contributed by atoms with E-state index >= 15 is 0 Å². The molecule has 6 heteroatoms. The van der Waals surface area contributed by atoms with E-state index in [0.717, 1.165) is 0 Å². The SMILES string of the molecule is Fc1ccccc1CCNCCSC(F)(F)F. The van der Waals surface area contributed by atoms with Crippen molar-refractivity contribution < 1.29 is 17.6 Å². The molecule has 0 bridgehead atoms. The van der Waals surface area contributed by atoms with Gasteiger partial charge in [0.15, 0.2) is 0 Å². The zero-order valence-corrected chi connectivity index (χ0v) is 9.87. The molecule has 0 fully saturated rings. The molecular weight excluding hydrogens is 254 g/mol. The summed E-state index contributed by atoms with van der Waals surface area (Å²) >= 11 is -0.0536. The molecule has 0 saturated heterocycles. The van der Waals surface area contributed by atoms with E-state index in [9.17, 15) is 17.6 Å². The van der Waals surface area contributed by atoms with E-state index in [4.69, 9.17) is 0 Å². The van der Waals surface area contributed by atoms with Crippen LogP contribution in [0.4, 0.5) is 17.6 Å². The Morgan fingerprint density at radius 1 is 1.12 bits per heavy atom. The summed E-state index contributed by atoms with van der Waals surface area (Å²) in [5.41, 5.74) is -3.60. The highest BCUT2D eigenvalue weighted by Crippen LogP contribution is 2.29. The number of thioether (sulfide) groups is 1. The summed E-state index contributed by atoms with van der Waals surface area (Å²) in [5, 5.41) is 2.85. The first-order valence-electron chi connectivity index (χ1n) is 5.14. The zero-order valence-electron chi connectivity index (χ0n) is 9.06. The van der Waals surface area contributed by atoms with Gasteiger partial charge in [-0.25, -0.2) is 4.39 Å². The molecule has 0 atom stereocenters. The number of hydrogen-bond acceptors (Lipinski definition) is 2. The Hall–Kier alpha value is -0.750. The van der Waals surface area contributed by atoms with E-state index in [1.54, 1.807) is 18.2 Å². The summed E-state index contributed by atoms with van der Waals surface area (Å²) in [4.78, 5) is 0. The summed E-state index contributed by atoms with van der Waals surface area (Å²) in [5.74, 6) is -0.306. The number of alkyl halides is 3. The Balaban J connectivity index is 2.11. The van der Waals surface area contributed by atoms with Crippen molar-refractivity contribution in [3.63, 3.8) is 0 Å². The number of halogens is 4. The number of benzene rings is 1. The van der Waals surface area contributed by atoms with Crippen molar-refractivity contribution in [3.8, 4) is 0 Å². The Kier molecular flexibility index (Phi) is 5.77. The number of rotatable bonds is 6. The van der Waals surface area contributed by atoms with Gasteiger partial charge in [0.05, 0.1) is 0 Å². The van der Waals surface area contributed by atoms with Gasteiger partial charge >= 0.3 is 5.51 Å². The Morgan fingerprint density at radius 3 is 2.47 bits per heavy atom. The highest BCUT2D eigenvalue weighted by molar-refractivity contribution is 8.00. The number of nitrogens with one attached hydrogen (secondary N) is 1. The molecule has 1 nitrogen and oxygen atoms in total. The van der Waals surface area contributed by atoms with Crippen molar-refractivity contribution in [2.45, 2.75) is 11.9 Å². The van der Waals surface area contributed by atoms with E-state index in [0.29, 0.717) is 18.5 Å². The summed E-state index contributed by atoms with van der Waals surface area (Å²) in [6.07, 6.45) is 0.476. The normalized spacial score (nSPS) is 11.8. The van der Waals surface area contributed by atoms with E-state index < -0.39 is 5.51 Å². The van der Waals surface area contributed by atoms with Crippen molar-refractivity contribution in [2.75, 3.05) is 18.8 Å². The lowest BCUT2D eigenvalue weighted by Crippen LogP contribution is -2.21. The third-order valence-electron chi connectivity index (χ3n) is 2.07. The molecule has 1 rings (SSSR count). The van der Waals surface area contributed by atoms with Gasteiger partial charge in [0.25, 0.3) is 0 Å². The van der Waals surface area contributed by atoms with Gasteiger partial charge in [0, 0.05) is 12.3 Å². The lowest BCUT2D eigenvalue weighted by atomic mass is 10.1. The third-order valence-corrected chi connectivity index (χ3v) is 2.81. The molecule has 0 amide bonds. The lowest BCUT2D eigenvalue weighted by Gasteiger charge is -2.07. The highest BCUT2D eigenvalue weighted by Gasteiger charge is 2.27. The van der Waals surface area contributed by atoms with Crippen LogP contribution in [0.2, 0.25) is 0 Å². The van der Waals surface area contributed by atoms with Gasteiger partial charge in [-0.15, -0.1) is 0 Å². The van der Waals surface area contributed by atoms with Gasteiger partial charge in [-0.3, -0.25) is 0 Å². The maximum atomic E-state index is 13.1. The Labute approximate surface area is 102 Å². The van der Waals surface area contributed by atoms with Crippen LogP contribution in [-0.2, 0) is 6.42 Å². The summed E-state index contributed by atoms with van der Waals surface area (Å²) < 4.78 is 48.4. The van der Waals surface area contributed by atoms with E-state index in [-0.39, 0.29) is 29.9 Å². The molecule has 0 aliphatic carbocycles. The molecular formula is C11H13F4NS. The van der Waals surface area contributed by atoms with Crippen LogP contribution in [0.25, 0.3) is 0 Å². The third kappa shape index (κ3) is 6.53. The van der Waals surface area contributed by atoms with Crippen LogP contribution in [0.5, 0.6) is 0 Å². The quantitative estimate of drug-likeness (QED) is 0.627. The van der Waals surface area contributed by atoms with Gasteiger partial charge in [0.2, 0.25) is 0 Å². The first-order valence-corrected chi connectivity index (χ1v) is 6.12. The minimum atomic E-state index is -4.17. The van der Waals surface area contributed by atoms with Crippen LogP contribution in [0, 0.1) is 5.82 Å². The van der Waals surface area contributed by atoms with Crippen LogP contribution in [0.15, 0.2) is 24.3 Å². The maximum absolute atomic E-state index is 13.1. The molecule has 0 spiro atoms. The minimum absolute atomic E-state index is 0.0270. The molecule has 96 valence electrons. The van der Waals surface area contributed by atoms with Gasteiger partial charge in [-0.2, -0.15) is 13.2 Å². The monoisotopic (exact) mass is 267 g/mol. The van der Waals surface area contributed by atoms with Gasteiger partial charge in [0.1, 0.15) is 5.82 Å². The molecule has 0 heterocycles. The van der Waals surface area contributed by atoms with Crippen molar-refractivity contribution in [1.29, 1.82) is 0 Å². The molecule has 1 aromatic rings. The standard InChI is InChI=1S/C11H13F4NS/c12-10-4-2-1-3-9(10)5-6-16-7-8-17-11(13,14)15/h1-4,16H,5-8H2. The van der Waals surface area contributed by atoms with Crippen molar-refractivity contribution in [3.05, 3.63) is 35.6 Å². The first kappa shape index (κ1) is 14.3. The highest BCUT2D eigenvalue weighted by atomic mass is 32.2. The van der Waals surface area contributed by atoms with Crippen LogP contribution in [0.1, 0.15) is 5.56 Å². The van der Waals surface area contributed by atoms with Crippen molar-refractivity contribution in [1.82, 2.24) is 5.32 Å². The van der Waals surface area contributed by atoms with Gasteiger partial charge in [-0.1, -0.05) is 18.2 Å². The molecule has 0 saturated carbocycles. The van der Waals surface area contributed by atoms with Crippen LogP contribution in [-0.4, -0.2) is 24.4 Å². The molecule has 0 aliphatic heterocycles. The second-order valence-corrected chi connectivity index (χ2v) is 4.55. The summed E-state index contributed by atoms with van der Waals surface area (Å²) in [6.45, 7) is 0.734. The zero-order chi connectivity index (χ0) is 12.7. The molecule has 0 unspecified atom stereocenters. The van der Waals surface area contributed by atoms with E-state index in [1.165, 1.54) is 6.07 Å². The van der Waals surface area contributed by atoms with Crippen LogP contribution < -0.4 is 5.32 Å². The lowest BCUT2D eigenvalue weighted by molar-refractivity contribution is -0.0327. The molecule has 1 aromatic carbocycles. The molecule has 1 N–H and O–H groups in total. The average Bonchev–Trinajstić information content (AvgIpc) is 2.24. The summed E-state index contributed by atoms with van der Waals surface area (Å²) in [6, 6.07) is 6.38. The fourth-order valence-corrected chi connectivity index (χ4v) is 1.77. The Bertz CT molecular complexity index is 340. The summed E-state index contributed by atoms with van der Waals surface area (Å²) in [7, 11) is 0. The van der Waals surface area contributed by atoms with Crippen LogP contribution in [0.3, 0.4) is 0 Å².